The summed E-state index contributed by atoms with van der Waals surface area (Å²) in [7, 11) is 0. The molecule has 4 heavy (non-hydrogen) atoms. The number of halogens is 1. The summed E-state index contributed by atoms with van der Waals surface area (Å²) in [4.78, 5) is 1.69. The fourth-order valence-electron chi connectivity index (χ4n) is 0. The first-order valence-corrected chi connectivity index (χ1v) is 1.92. The highest BCUT2D eigenvalue weighted by Gasteiger charge is 1.38. The molecule has 0 fully saturated rings. The molecule has 1 radical (unpaired) electrons. The van der Waals surface area contributed by atoms with Crippen LogP contribution in [0.4, 0.5) is 0 Å². The number of hydrogen-bond donors (Lipinski definition) is 0. The summed E-state index contributed by atoms with van der Waals surface area (Å²) in [6.45, 7) is 1.83. The van der Waals surface area contributed by atoms with Crippen molar-refractivity contribution in [3.05, 3.63) is 11.1 Å². The van der Waals surface area contributed by atoms with Gasteiger partial charge in [-0.3, -0.25) is 0 Å². The lowest BCUT2D eigenvalue weighted by atomic mass is 10.8. The average molecular weight is 120 g/mol. The number of hydrogen-bond acceptors (Lipinski definition) is 0. The maximum absolute atomic E-state index is 3.01. The minimum Gasteiger partial charge on any atom is -0.0592 e. The predicted octanol–water partition coefficient (Wildman–Crippen LogP) is 1.72. The van der Waals surface area contributed by atoms with Crippen molar-refractivity contribution in [2.24, 2.45) is 0 Å². The van der Waals surface area contributed by atoms with Crippen LogP contribution in [0.25, 0.3) is 0 Å². The maximum Gasteiger partial charge on any atom is -0.0157 e. The van der Waals surface area contributed by atoms with E-state index in [0.29, 0.717) is 0 Å². The van der Waals surface area contributed by atoms with Crippen molar-refractivity contribution in [1.29, 1.82) is 0 Å². The number of rotatable bonds is 0. The minimum atomic E-state index is 1.69. The SMILES string of the molecule is C/[C]=C\Br. The van der Waals surface area contributed by atoms with Gasteiger partial charge in [0.05, 0.1) is 0 Å². The van der Waals surface area contributed by atoms with Crippen LogP contribution in [0.5, 0.6) is 0 Å². The second kappa shape index (κ2) is 3.22. The topological polar surface area (TPSA) is 0 Å². The first-order valence-electron chi connectivity index (χ1n) is 1.01. The van der Waals surface area contributed by atoms with Crippen molar-refractivity contribution in [3.8, 4) is 0 Å². The van der Waals surface area contributed by atoms with E-state index in [1.165, 1.54) is 0 Å². The smallest absolute Gasteiger partial charge is 0.0157 e. The molecule has 0 saturated carbocycles. The van der Waals surface area contributed by atoms with Crippen LogP contribution in [0.3, 0.4) is 0 Å². The van der Waals surface area contributed by atoms with Crippen LogP contribution in [0, 0.1) is 6.08 Å². The van der Waals surface area contributed by atoms with E-state index in [9.17, 15) is 0 Å². The van der Waals surface area contributed by atoms with Crippen LogP contribution in [0.1, 0.15) is 6.92 Å². The molecule has 0 aromatic rings. The Morgan fingerprint density at radius 2 is 2.25 bits per heavy atom. The van der Waals surface area contributed by atoms with E-state index < -0.39 is 0 Å². The molecule has 0 aliphatic carbocycles. The third-order valence-electron chi connectivity index (χ3n) is 0.109. The molecule has 0 aliphatic rings. The average Bonchev–Trinajstić information content (AvgIpc) is 1.37. The second-order valence-corrected chi connectivity index (χ2v) is 0.856. The van der Waals surface area contributed by atoms with Gasteiger partial charge in [-0.15, -0.1) is 0 Å². The van der Waals surface area contributed by atoms with Crippen LogP contribution in [0.2, 0.25) is 0 Å². The molecule has 0 nitrogen and oxygen atoms in total. The zero-order chi connectivity index (χ0) is 3.41. The van der Waals surface area contributed by atoms with Crippen LogP contribution in [0.15, 0.2) is 4.99 Å². The minimum absolute atomic E-state index is 1.69. The quantitative estimate of drug-likeness (QED) is 0.456. The van der Waals surface area contributed by atoms with Gasteiger partial charge < -0.3 is 0 Å². The van der Waals surface area contributed by atoms with Gasteiger partial charge in [0.15, 0.2) is 0 Å². The van der Waals surface area contributed by atoms with E-state index in [0.717, 1.165) is 0 Å². The van der Waals surface area contributed by atoms with Gasteiger partial charge in [-0.1, -0.05) is 15.9 Å². The molecule has 0 aromatic heterocycles. The van der Waals surface area contributed by atoms with Gasteiger partial charge in [-0.2, -0.15) is 0 Å². The molecule has 0 aromatic carbocycles. The van der Waals surface area contributed by atoms with E-state index in [1.54, 1.807) is 4.99 Å². The van der Waals surface area contributed by atoms with Crippen LogP contribution >= 0.6 is 15.9 Å². The predicted molar refractivity (Wildman–Crippen MR) is 22.4 cm³/mol. The Balaban J connectivity index is 2.55. The zero-order valence-corrected chi connectivity index (χ0v) is 4.04. The van der Waals surface area contributed by atoms with Gasteiger partial charge in [0.2, 0.25) is 0 Å². The summed E-state index contributed by atoms with van der Waals surface area (Å²) in [6.07, 6.45) is 2.72. The number of allylic oxidation sites excluding steroid dienone is 1. The summed E-state index contributed by atoms with van der Waals surface area (Å²) in [5.74, 6) is 0. The molecule has 0 unspecified atom stereocenters. The van der Waals surface area contributed by atoms with Crippen molar-refractivity contribution in [2.45, 2.75) is 6.92 Å². The van der Waals surface area contributed by atoms with Gasteiger partial charge in [0.25, 0.3) is 0 Å². The highest BCUT2D eigenvalue weighted by atomic mass is 79.9. The lowest BCUT2D eigenvalue weighted by Gasteiger charge is -1.45. The van der Waals surface area contributed by atoms with E-state index >= 15 is 0 Å². The van der Waals surface area contributed by atoms with E-state index in [-0.39, 0.29) is 0 Å². The summed E-state index contributed by atoms with van der Waals surface area (Å²) in [5.41, 5.74) is 0. The normalized spacial score (nSPS) is 9.50. The third-order valence-corrected chi connectivity index (χ3v) is 0.567. The van der Waals surface area contributed by atoms with Gasteiger partial charge in [0.1, 0.15) is 0 Å². The largest absolute Gasteiger partial charge is 0.0592 e. The van der Waals surface area contributed by atoms with Crippen LogP contribution in [-0.2, 0) is 0 Å². The first-order chi connectivity index (χ1) is 1.91. The molecule has 0 aliphatic heterocycles. The second-order valence-electron chi connectivity index (χ2n) is 0.398. The Labute approximate surface area is 34.6 Å². The van der Waals surface area contributed by atoms with Crippen molar-refractivity contribution in [2.75, 3.05) is 0 Å². The maximum atomic E-state index is 3.01. The Kier molecular flexibility index (Phi) is 3.40. The van der Waals surface area contributed by atoms with Gasteiger partial charge in [-0.25, -0.2) is 0 Å². The van der Waals surface area contributed by atoms with Crippen molar-refractivity contribution in [3.63, 3.8) is 0 Å². The Hall–Kier alpha value is 0.220. The third kappa shape index (κ3) is 2.22. The summed E-state index contributed by atoms with van der Waals surface area (Å²) in [5, 5.41) is 0. The highest BCUT2D eigenvalue weighted by molar-refractivity contribution is 9.11. The molecule has 0 spiro atoms. The molecule has 0 saturated heterocycles. The first kappa shape index (κ1) is 4.22. The molecule has 0 heterocycles. The highest BCUT2D eigenvalue weighted by Crippen LogP contribution is 1.75. The Morgan fingerprint density at radius 3 is 2.25 bits per heavy atom. The van der Waals surface area contributed by atoms with Crippen molar-refractivity contribution < 1.29 is 0 Å². The van der Waals surface area contributed by atoms with Gasteiger partial charge >= 0.3 is 0 Å². The molecule has 23 valence electrons. The van der Waals surface area contributed by atoms with Gasteiger partial charge in [-0.05, 0) is 18.0 Å². The summed E-state index contributed by atoms with van der Waals surface area (Å²) < 4.78 is 0. The van der Waals surface area contributed by atoms with E-state index in [2.05, 4.69) is 22.0 Å². The standard InChI is InChI=1S/C3H4Br/c1-2-3-4/h3H,1H3. The molecule has 1 heteroatoms. The summed E-state index contributed by atoms with van der Waals surface area (Å²) in [6, 6.07) is 0. The van der Waals surface area contributed by atoms with Crippen LogP contribution in [-0.4, -0.2) is 0 Å². The van der Waals surface area contributed by atoms with E-state index in [4.69, 9.17) is 0 Å². The lowest BCUT2D eigenvalue weighted by molar-refractivity contribution is 1.70. The molecule has 0 bridgehead atoms. The molecular weight excluding hydrogens is 116 g/mol. The van der Waals surface area contributed by atoms with Crippen molar-refractivity contribution >= 4 is 15.9 Å². The molecule has 0 atom stereocenters. The lowest BCUT2D eigenvalue weighted by Crippen LogP contribution is -1.22. The fourth-order valence-corrected chi connectivity index (χ4v) is 0. The Bertz CT molecular complexity index is 18.5. The fraction of sp³-hybridized carbons (Fsp3) is 0.333. The zero-order valence-electron chi connectivity index (χ0n) is 2.46. The Morgan fingerprint density at radius 1 is 2.00 bits per heavy atom. The molecule has 0 amide bonds. The van der Waals surface area contributed by atoms with Crippen molar-refractivity contribution in [1.82, 2.24) is 0 Å². The molecular formula is C3H4Br. The molecule has 0 rings (SSSR count). The monoisotopic (exact) mass is 119 g/mol. The van der Waals surface area contributed by atoms with E-state index in [1.807, 2.05) is 6.92 Å². The van der Waals surface area contributed by atoms with Crippen LogP contribution < -0.4 is 0 Å². The van der Waals surface area contributed by atoms with Gasteiger partial charge in [0, 0.05) is 0 Å². The molecule has 0 N–H and O–H groups in total. The summed E-state index contributed by atoms with van der Waals surface area (Å²) >= 11 is 3.01.